The standard InChI is InChI=1S/C11H16N2O2/c1-2-5-12-11(10(14)15)8-13-6-3-9(11)4-7-13/h1,9,12H,3-8H2,(H,14,15). The van der Waals surface area contributed by atoms with Crippen molar-refractivity contribution in [3.63, 3.8) is 0 Å². The zero-order valence-electron chi connectivity index (χ0n) is 8.70. The van der Waals surface area contributed by atoms with Gasteiger partial charge in [-0.2, -0.15) is 0 Å². The molecule has 0 aromatic rings. The summed E-state index contributed by atoms with van der Waals surface area (Å²) in [5.74, 6) is 1.93. The van der Waals surface area contributed by atoms with Crippen LogP contribution >= 0.6 is 0 Å². The van der Waals surface area contributed by atoms with E-state index in [1.165, 1.54) is 0 Å². The molecule has 0 aliphatic carbocycles. The summed E-state index contributed by atoms with van der Waals surface area (Å²) in [5.41, 5.74) is -0.803. The number of hydrogen-bond donors (Lipinski definition) is 2. The molecule has 4 heteroatoms. The molecule has 3 rings (SSSR count). The molecule has 0 radical (unpaired) electrons. The Kier molecular flexibility index (Phi) is 2.68. The maximum Gasteiger partial charge on any atom is 0.325 e. The second-order valence-electron chi connectivity index (χ2n) is 4.38. The summed E-state index contributed by atoms with van der Waals surface area (Å²) < 4.78 is 0. The molecule has 3 heterocycles. The molecule has 0 saturated carbocycles. The van der Waals surface area contributed by atoms with Crippen molar-refractivity contribution in [3.8, 4) is 12.3 Å². The highest BCUT2D eigenvalue weighted by atomic mass is 16.4. The first-order valence-electron chi connectivity index (χ1n) is 5.33. The zero-order chi connectivity index (χ0) is 10.9. The van der Waals surface area contributed by atoms with Gasteiger partial charge in [-0.15, -0.1) is 6.42 Å². The van der Waals surface area contributed by atoms with Gasteiger partial charge in [-0.25, -0.2) is 0 Å². The highest BCUT2D eigenvalue weighted by Crippen LogP contribution is 2.35. The summed E-state index contributed by atoms with van der Waals surface area (Å²) >= 11 is 0. The Labute approximate surface area is 89.6 Å². The third kappa shape index (κ3) is 1.62. The fraction of sp³-hybridized carbons (Fsp3) is 0.727. The van der Waals surface area contributed by atoms with E-state index in [1.54, 1.807) is 0 Å². The van der Waals surface area contributed by atoms with Crippen molar-refractivity contribution >= 4 is 5.97 Å². The van der Waals surface area contributed by atoms with E-state index in [-0.39, 0.29) is 5.92 Å². The minimum Gasteiger partial charge on any atom is -0.480 e. The number of carboxylic acid groups (broad SMARTS) is 1. The molecule has 1 unspecified atom stereocenters. The second-order valence-corrected chi connectivity index (χ2v) is 4.38. The average molecular weight is 208 g/mol. The van der Waals surface area contributed by atoms with Crippen LogP contribution in [0.2, 0.25) is 0 Å². The molecular weight excluding hydrogens is 192 g/mol. The molecular formula is C11H16N2O2. The first-order valence-corrected chi connectivity index (χ1v) is 5.33. The minimum atomic E-state index is -0.803. The van der Waals surface area contributed by atoms with Crippen LogP contribution in [0.5, 0.6) is 0 Å². The van der Waals surface area contributed by atoms with Crippen molar-refractivity contribution in [3.05, 3.63) is 0 Å². The lowest BCUT2D eigenvalue weighted by Gasteiger charge is -2.51. The Balaban J connectivity index is 2.19. The maximum atomic E-state index is 11.4. The molecule has 3 saturated heterocycles. The predicted octanol–water partition coefficient (Wildman–Crippen LogP) is -0.242. The van der Waals surface area contributed by atoms with Crippen LogP contribution in [0.3, 0.4) is 0 Å². The van der Waals surface area contributed by atoms with Gasteiger partial charge in [0.2, 0.25) is 0 Å². The van der Waals surface area contributed by atoms with Crippen molar-refractivity contribution in [2.24, 2.45) is 5.92 Å². The van der Waals surface area contributed by atoms with E-state index in [1.807, 2.05) is 0 Å². The molecule has 15 heavy (non-hydrogen) atoms. The lowest BCUT2D eigenvalue weighted by molar-refractivity contribution is -0.154. The topological polar surface area (TPSA) is 52.6 Å². The molecule has 0 aromatic carbocycles. The van der Waals surface area contributed by atoms with Crippen LogP contribution in [-0.2, 0) is 4.79 Å². The van der Waals surface area contributed by atoms with Crippen molar-refractivity contribution in [2.75, 3.05) is 26.2 Å². The van der Waals surface area contributed by atoms with Crippen LogP contribution < -0.4 is 5.32 Å². The highest BCUT2D eigenvalue weighted by molar-refractivity contribution is 5.80. The molecule has 0 spiro atoms. The average Bonchev–Trinajstić information content (AvgIpc) is 2.27. The summed E-state index contributed by atoms with van der Waals surface area (Å²) in [6, 6.07) is 0. The fourth-order valence-corrected chi connectivity index (χ4v) is 2.79. The van der Waals surface area contributed by atoms with Crippen LogP contribution in [-0.4, -0.2) is 47.7 Å². The number of hydrogen-bond acceptors (Lipinski definition) is 3. The van der Waals surface area contributed by atoms with Gasteiger partial charge < -0.3 is 10.0 Å². The molecule has 82 valence electrons. The van der Waals surface area contributed by atoms with Crippen molar-refractivity contribution in [2.45, 2.75) is 18.4 Å². The van der Waals surface area contributed by atoms with Gasteiger partial charge >= 0.3 is 5.97 Å². The summed E-state index contributed by atoms with van der Waals surface area (Å²) in [7, 11) is 0. The van der Waals surface area contributed by atoms with Crippen LogP contribution in [0.4, 0.5) is 0 Å². The third-order valence-corrected chi connectivity index (χ3v) is 3.65. The maximum absolute atomic E-state index is 11.4. The van der Waals surface area contributed by atoms with Gasteiger partial charge in [-0.1, -0.05) is 5.92 Å². The number of piperidine rings is 3. The summed E-state index contributed by atoms with van der Waals surface area (Å²) in [4.78, 5) is 13.6. The summed E-state index contributed by atoms with van der Waals surface area (Å²) in [5, 5.41) is 12.4. The lowest BCUT2D eigenvalue weighted by Crippen LogP contribution is -2.69. The number of fused-ring (bicyclic) bond motifs is 3. The Morgan fingerprint density at radius 2 is 2.27 bits per heavy atom. The Morgan fingerprint density at radius 3 is 2.67 bits per heavy atom. The lowest BCUT2D eigenvalue weighted by atomic mass is 9.72. The molecule has 0 amide bonds. The minimum absolute atomic E-state index is 0.230. The number of rotatable bonds is 3. The number of terminal acetylenes is 1. The zero-order valence-corrected chi connectivity index (χ0v) is 8.70. The van der Waals surface area contributed by atoms with Crippen molar-refractivity contribution in [1.82, 2.24) is 10.2 Å². The van der Waals surface area contributed by atoms with Gasteiger partial charge in [-0.3, -0.25) is 10.1 Å². The molecule has 1 atom stereocenters. The SMILES string of the molecule is C#CCNC1(C(=O)O)CN2CCC1CC2. The molecule has 0 aromatic heterocycles. The Bertz CT molecular complexity index is 302. The number of nitrogens with one attached hydrogen (secondary N) is 1. The Hall–Kier alpha value is -1.05. The van der Waals surface area contributed by atoms with E-state index in [9.17, 15) is 9.90 Å². The van der Waals surface area contributed by atoms with E-state index < -0.39 is 11.5 Å². The van der Waals surface area contributed by atoms with Gasteiger partial charge in [-0.05, 0) is 31.8 Å². The van der Waals surface area contributed by atoms with E-state index in [0.29, 0.717) is 13.1 Å². The first-order chi connectivity index (χ1) is 7.19. The quantitative estimate of drug-likeness (QED) is 0.628. The van der Waals surface area contributed by atoms with Gasteiger partial charge in [0, 0.05) is 6.54 Å². The van der Waals surface area contributed by atoms with Crippen LogP contribution in [0.1, 0.15) is 12.8 Å². The van der Waals surface area contributed by atoms with Crippen molar-refractivity contribution < 1.29 is 9.90 Å². The summed E-state index contributed by atoms with van der Waals surface area (Å²) in [6.07, 6.45) is 7.11. The number of carbonyl (C=O) groups is 1. The van der Waals surface area contributed by atoms with Crippen molar-refractivity contribution in [1.29, 1.82) is 0 Å². The van der Waals surface area contributed by atoms with Gasteiger partial charge in [0.05, 0.1) is 6.54 Å². The molecule has 2 bridgehead atoms. The van der Waals surface area contributed by atoms with Gasteiger partial charge in [0.1, 0.15) is 5.54 Å². The second kappa shape index (κ2) is 3.84. The smallest absolute Gasteiger partial charge is 0.325 e. The molecule has 4 nitrogen and oxygen atoms in total. The van der Waals surface area contributed by atoms with Gasteiger partial charge in [0.25, 0.3) is 0 Å². The first kappa shape index (κ1) is 10.5. The van der Waals surface area contributed by atoms with E-state index >= 15 is 0 Å². The number of aliphatic carboxylic acids is 1. The molecule has 3 fully saturated rings. The molecule has 2 N–H and O–H groups in total. The van der Waals surface area contributed by atoms with E-state index in [0.717, 1.165) is 25.9 Å². The molecule has 3 aliphatic rings. The summed E-state index contributed by atoms with van der Waals surface area (Å²) in [6.45, 7) is 2.97. The molecule has 3 aliphatic heterocycles. The number of nitrogens with zero attached hydrogens (tertiary/aromatic N) is 1. The van der Waals surface area contributed by atoms with Gasteiger partial charge in [0.15, 0.2) is 0 Å². The fourth-order valence-electron chi connectivity index (χ4n) is 2.79. The third-order valence-electron chi connectivity index (χ3n) is 3.65. The van der Waals surface area contributed by atoms with Crippen LogP contribution in [0.15, 0.2) is 0 Å². The predicted molar refractivity (Wildman–Crippen MR) is 56.4 cm³/mol. The highest BCUT2D eigenvalue weighted by Gasteiger charge is 2.51. The van der Waals surface area contributed by atoms with Crippen LogP contribution in [0, 0.1) is 18.3 Å². The Morgan fingerprint density at radius 1 is 1.60 bits per heavy atom. The monoisotopic (exact) mass is 208 g/mol. The van der Waals surface area contributed by atoms with E-state index in [2.05, 4.69) is 16.1 Å². The van der Waals surface area contributed by atoms with Crippen LogP contribution in [0.25, 0.3) is 0 Å². The number of carboxylic acids is 1. The largest absolute Gasteiger partial charge is 0.480 e. The van der Waals surface area contributed by atoms with E-state index in [4.69, 9.17) is 6.42 Å². The normalized spacial score (nSPS) is 38.6.